The lowest BCUT2D eigenvalue weighted by atomic mass is 10.1. The monoisotopic (exact) mass is 500 g/mol. The number of hydrogen-bond donors (Lipinski definition) is 3. The Labute approximate surface area is 203 Å². The van der Waals surface area contributed by atoms with Crippen molar-refractivity contribution in [1.82, 2.24) is 14.8 Å². The van der Waals surface area contributed by atoms with E-state index in [1.807, 2.05) is 0 Å². The minimum atomic E-state index is -1.24. The maximum atomic E-state index is 13.0. The number of carboxylic acid groups (broad SMARTS) is 1. The Hall–Kier alpha value is -3.47. The molecule has 3 heterocycles. The highest BCUT2D eigenvalue weighted by Gasteiger charge is 2.36. The summed E-state index contributed by atoms with van der Waals surface area (Å²) in [6.07, 6.45) is 1.90. The van der Waals surface area contributed by atoms with E-state index < -0.39 is 12.0 Å². The third-order valence-corrected chi connectivity index (χ3v) is 6.81. The van der Waals surface area contributed by atoms with Crippen LogP contribution in [0.5, 0.6) is 0 Å². The van der Waals surface area contributed by atoms with Crippen molar-refractivity contribution >= 4 is 46.4 Å². The minimum Gasteiger partial charge on any atom is -0.478 e. The van der Waals surface area contributed by atoms with E-state index in [1.165, 1.54) is 40.3 Å². The first-order valence-corrected chi connectivity index (χ1v) is 11.5. The summed E-state index contributed by atoms with van der Waals surface area (Å²) in [5.41, 5.74) is 0.0533. The molecule has 11 heteroatoms. The summed E-state index contributed by atoms with van der Waals surface area (Å²) in [4.78, 5) is 51.6. The highest BCUT2D eigenvalue weighted by Crippen LogP contribution is 2.24. The number of rotatable bonds is 6. The van der Waals surface area contributed by atoms with Crippen LogP contribution in [-0.2, 0) is 4.79 Å². The molecule has 1 saturated heterocycles. The zero-order chi connectivity index (χ0) is 24.4. The van der Waals surface area contributed by atoms with Gasteiger partial charge >= 0.3 is 5.97 Å². The standard InChI is InChI=1S/C23H21ClN4O5S/c1-27-12-13(25-22(31)18-7-8-19(24)34-18)10-17(27)21(30)26-16-6-5-14(11-15(16)23(32)33)28-9-3-2-4-20(28)29/h2-9,11,13,17H,10,12H2,1H3,(H,25,31)(H,26,30)(H,32,33)/t13-,17?/m0/s1. The molecular weight excluding hydrogens is 480 g/mol. The van der Waals surface area contributed by atoms with E-state index in [-0.39, 0.29) is 34.7 Å². The van der Waals surface area contributed by atoms with Crippen LogP contribution in [-0.4, -0.2) is 58.0 Å². The van der Waals surface area contributed by atoms with Gasteiger partial charge < -0.3 is 15.7 Å². The van der Waals surface area contributed by atoms with Crippen molar-refractivity contribution in [3.63, 3.8) is 0 Å². The topological polar surface area (TPSA) is 121 Å². The number of nitrogens with zero attached hydrogens (tertiary/aromatic N) is 2. The van der Waals surface area contributed by atoms with Crippen LogP contribution in [0.25, 0.3) is 5.69 Å². The number of hydrogen-bond acceptors (Lipinski definition) is 6. The molecule has 2 atom stereocenters. The molecule has 0 spiro atoms. The second kappa shape index (κ2) is 9.80. The first-order valence-electron chi connectivity index (χ1n) is 10.4. The molecular formula is C23H21ClN4O5S. The van der Waals surface area contributed by atoms with Crippen LogP contribution in [0.15, 0.2) is 59.5 Å². The summed E-state index contributed by atoms with van der Waals surface area (Å²) >= 11 is 7.07. The fraction of sp³-hybridized carbons (Fsp3) is 0.217. The molecule has 34 heavy (non-hydrogen) atoms. The molecule has 0 bridgehead atoms. The Morgan fingerprint density at radius 1 is 1.15 bits per heavy atom. The molecule has 0 saturated carbocycles. The zero-order valence-electron chi connectivity index (χ0n) is 18.0. The molecule has 2 amide bonds. The highest BCUT2D eigenvalue weighted by atomic mass is 35.5. The molecule has 0 aliphatic carbocycles. The van der Waals surface area contributed by atoms with E-state index >= 15 is 0 Å². The Morgan fingerprint density at radius 2 is 1.94 bits per heavy atom. The average molecular weight is 501 g/mol. The number of nitrogens with one attached hydrogen (secondary N) is 2. The lowest BCUT2D eigenvalue weighted by Crippen LogP contribution is -2.37. The van der Waals surface area contributed by atoms with Crippen molar-refractivity contribution < 1.29 is 19.5 Å². The second-order valence-electron chi connectivity index (χ2n) is 7.90. The molecule has 1 aliphatic heterocycles. The number of aromatic carboxylic acids is 1. The maximum Gasteiger partial charge on any atom is 0.337 e. The summed E-state index contributed by atoms with van der Waals surface area (Å²) in [5, 5.41) is 15.3. The zero-order valence-corrected chi connectivity index (χ0v) is 19.6. The number of halogens is 1. The number of carboxylic acids is 1. The smallest absolute Gasteiger partial charge is 0.337 e. The average Bonchev–Trinajstić information content (AvgIpc) is 3.39. The number of thiophene rings is 1. The summed E-state index contributed by atoms with van der Waals surface area (Å²) < 4.78 is 1.83. The number of benzene rings is 1. The third kappa shape index (κ3) is 5.04. The van der Waals surface area contributed by atoms with Crippen LogP contribution < -0.4 is 16.2 Å². The molecule has 176 valence electrons. The van der Waals surface area contributed by atoms with Gasteiger partial charge in [0, 0.05) is 30.5 Å². The van der Waals surface area contributed by atoms with Gasteiger partial charge in [0.2, 0.25) is 5.91 Å². The van der Waals surface area contributed by atoms with Gasteiger partial charge in [0.25, 0.3) is 11.5 Å². The fourth-order valence-electron chi connectivity index (χ4n) is 3.93. The van der Waals surface area contributed by atoms with Crippen LogP contribution in [0, 0.1) is 0 Å². The van der Waals surface area contributed by atoms with Crippen molar-refractivity contribution in [1.29, 1.82) is 0 Å². The number of carbonyl (C=O) groups is 3. The summed E-state index contributed by atoms with van der Waals surface area (Å²) in [6.45, 7) is 0.463. The second-order valence-corrected chi connectivity index (χ2v) is 9.61. The summed E-state index contributed by atoms with van der Waals surface area (Å²) in [7, 11) is 1.77. The predicted molar refractivity (Wildman–Crippen MR) is 129 cm³/mol. The molecule has 3 aromatic rings. The van der Waals surface area contributed by atoms with Crippen molar-refractivity contribution in [2.24, 2.45) is 0 Å². The van der Waals surface area contributed by atoms with Crippen LogP contribution in [0.3, 0.4) is 0 Å². The number of aromatic nitrogens is 1. The van der Waals surface area contributed by atoms with Gasteiger partial charge in [0.05, 0.1) is 26.5 Å². The van der Waals surface area contributed by atoms with Crippen molar-refractivity contribution in [3.8, 4) is 5.69 Å². The maximum absolute atomic E-state index is 13.0. The van der Waals surface area contributed by atoms with Crippen LogP contribution in [0.2, 0.25) is 4.34 Å². The first kappa shape index (κ1) is 23.7. The number of pyridine rings is 1. The van der Waals surface area contributed by atoms with E-state index in [0.717, 1.165) is 0 Å². The molecule has 9 nitrogen and oxygen atoms in total. The first-order chi connectivity index (χ1) is 16.2. The third-order valence-electron chi connectivity index (χ3n) is 5.58. The van der Waals surface area contributed by atoms with Gasteiger partial charge in [-0.15, -0.1) is 11.3 Å². The molecule has 4 rings (SSSR count). The number of carbonyl (C=O) groups excluding carboxylic acids is 2. The van der Waals surface area contributed by atoms with Crippen LogP contribution in [0.4, 0.5) is 5.69 Å². The van der Waals surface area contributed by atoms with Crippen LogP contribution in [0.1, 0.15) is 26.5 Å². The minimum absolute atomic E-state index is 0.124. The Kier molecular flexibility index (Phi) is 6.82. The summed E-state index contributed by atoms with van der Waals surface area (Å²) in [5.74, 6) is -1.87. The Morgan fingerprint density at radius 3 is 2.62 bits per heavy atom. The molecule has 3 N–H and O–H groups in total. The van der Waals surface area contributed by atoms with Crippen molar-refractivity contribution in [3.05, 3.63) is 79.9 Å². The molecule has 1 aromatic carbocycles. The quantitative estimate of drug-likeness (QED) is 0.478. The van der Waals surface area contributed by atoms with Gasteiger partial charge in [-0.25, -0.2) is 4.79 Å². The molecule has 1 unspecified atom stereocenters. The van der Waals surface area contributed by atoms with E-state index in [4.69, 9.17) is 11.6 Å². The van der Waals surface area contributed by atoms with E-state index in [1.54, 1.807) is 42.3 Å². The number of likely N-dealkylation sites (N-methyl/N-ethyl adjacent to an activating group) is 1. The van der Waals surface area contributed by atoms with Gasteiger partial charge in [0.15, 0.2) is 0 Å². The van der Waals surface area contributed by atoms with Crippen molar-refractivity contribution in [2.45, 2.75) is 18.5 Å². The Balaban J connectivity index is 1.47. The molecule has 1 fully saturated rings. The van der Waals surface area contributed by atoms with Crippen molar-refractivity contribution in [2.75, 3.05) is 18.9 Å². The normalized spacial score (nSPS) is 17.9. The van der Waals surface area contributed by atoms with Gasteiger partial charge in [-0.3, -0.25) is 23.9 Å². The van der Waals surface area contributed by atoms with E-state index in [0.29, 0.717) is 27.9 Å². The predicted octanol–water partition coefficient (Wildman–Crippen LogP) is 2.69. The SMILES string of the molecule is CN1C[C@@H](NC(=O)c2ccc(Cl)s2)CC1C(=O)Nc1ccc(-n2ccccc2=O)cc1C(=O)O. The number of anilines is 1. The summed E-state index contributed by atoms with van der Waals surface area (Å²) in [6, 6.07) is 11.5. The van der Waals surface area contributed by atoms with Gasteiger partial charge in [-0.05, 0) is 49.9 Å². The molecule has 0 radical (unpaired) electrons. The highest BCUT2D eigenvalue weighted by molar-refractivity contribution is 7.18. The Bertz CT molecular complexity index is 1320. The lowest BCUT2D eigenvalue weighted by Gasteiger charge is -2.19. The number of amides is 2. The van der Waals surface area contributed by atoms with Crippen LogP contribution >= 0.6 is 22.9 Å². The van der Waals surface area contributed by atoms with Gasteiger partial charge in [0.1, 0.15) is 0 Å². The lowest BCUT2D eigenvalue weighted by molar-refractivity contribution is -0.119. The largest absolute Gasteiger partial charge is 0.478 e. The van der Waals surface area contributed by atoms with E-state index in [2.05, 4.69) is 10.6 Å². The van der Waals surface area contributed by atoms with E-state index in [9.17, 15) is 24.3 Å². The number of likely N-dealkylation sites (tertiary alicyclic amines) is 1. The molecule has 2 aromatic heterocycles. The van der Waals surface area contributed by atoms with Gasteiger partial charge in [-0.1, -0.05) is 17.7 Å². The fourth-order valence-corrected chi connectivity index (χ4v) is 4.87. The molecule has 1 aliphatic rings. The van der Waals surface area contributed by atoms with Gasteiger partial charge in [-0.2, -0.15) is 0 Å².